The molecule has 6 nitrogen and oxygen atoms in total. The lowest BCUT2D eigenvalue weighted by Gasteiger charge is -2.03. The second-order valence-electron chi connectivity index (χ2n) is 4.13. The summed E-state index contributed by atoms with van der Waals surface area (Å²) in [4.78, 5) is 23.5. The topological polar surface area (TPSA) is 94.4 Å². The summed E-state index contributed by atoms with van der Waals surface area (Å²) in [6.45, 7) is 0. The van der Waals surface area contributed by atoms with Crippen LogP contribution in [0.2, 0.25) is 0 Å². The number of sulfone groups is 1. The molecule has 0 aliphatic carbocycles. The van der Waals surface area contributed by atoms with Gasteiger partial charge in [0.15, 0.2) is 9.84 Å². The van der Waals surface area contributed by atoms with Crippen molar-refractivity contribution >= 4 is 37.6 Å². The van der Waals surface area contributed by atoms with Crippen molar-refractivity contribution in [1.29, 1.82) is 0 Å². The van der Waals surface area contributed by atoms with E-state index in [0.717, 1.165) is 6.26 Å². The normalized spacial score (nSPS) is 15.0. The molecule has 20 heavy (non-hydrogen) atoms. The second-order valence-corrected chi connectivity index (χ2v) is 6.70. The van der Waals surface area contributed by atoms with Gasteiger partial charge in [-0.1, -0.05) is 15.9 Å². The van der Waals surface area contributed by atoms with Crippen molar-refractivity contribution in [2.24, 2.45) is 0 Å². The van der Waals surface area contributed by atoms with Gasteiger partial charge in [-0.2, -0.15) is 5.32 Å². The molecular formula is C12H10BrN2O4S. The zero-order valence-corrected chi connectivity index (χ0v) is 12.8. The van der Waals surface area contributed by atoms with Gasteiger partial charge >= 0.3 is 6.03 Å². The SMILES string of the molecule is CS(=O)(=O)c1ccc(C(=O)C2=C(CBr)NC(=O)[N]2)cc1. The number of carbonyl (C=O) groups excluding carboxylic acids is 2. The van der Waals surface area contributed by atoms with E-state index in [2.05, 4.69) is 26.6 Å². The molecule has 1 heterocycles. The van der Waals surface area contributed by atoms with Gasteiger partial charge in [-0.05, 0) is 24.3 Å². The Kier molecular flexibility index (Phi) is 3.96. The van der Waals surface area contributed by atoms with E-state index >= 15 is 0 Å². The molecule has 0 bridgehead atoms. The van der Waals surface area contributed by atoms with Crippen molar-refractivity contribution in [1.82, 2.24) is 10.6 Å². The van der Waals surface area contributed by atoms with Crippen LogP contribution in [0.3, 0.4) is 0 Å². The number of urea groups is 1. The Morgan fingerprint density at radius 1 is 1.30 bits per heavy atom. The zero-order valence-electron chi connectivity index (χ0n) is 10.4. The Labute approximate surface area is 124 Å². The van der Waals surface area contributed by atoms with Crippen LogP contribution in [0.25, 0.3) is 0 Å². The quantitative estimate of drug-likeness (QED) is 0.647. The highest BCUT2D eigenvalue weighted by molar-refractivity contribution is 9.09. The van der Waals surface area contributed by atoms with Gasteiger partial charge in [-0.25, -0.2) is 13.2 Å². The molecule has 2 amide bonds. The number of halogens is 1. The van der Waals surface area contributed by atoms with Crippen LogP contribution in [0.1, 0.15) is 10.4 Å². The fraction of sp³-hybridized carbons (Fsp3) is 0.167. The molecule has 1 aromatic carbocycles. The van der Waals surface area contributed by atoms with Crippen molar-refractivity contribution in [3.63, 3.8) is 0 Å². The van der Waals surface area contributed by atoms with E-state index in [1.807, 2.05) is 0 Å². The molecule has 2 rings (SSSR count). The molecule has 0 spiro atoms. The average molecular weight is 358 g/mol. The Bertz CT molecular complexity index is 707. The molecule has 0 atom stereocenters. The number of amides is 2. The molecule has 8 heteroatoms. The molecule has 1 aromatic rings. The highest BCUT2D eigenvalue weighted by Gasteiger charge is 2.27. The monoisotopic (exact) mass is 357 g/mol. The molecule has 1 aliphatic heterocycles. The van der Waals surface area contributed by atoms with Crippen LogP contribution in [-0.2, 0) is 9.84 Å². The highest BCUT2D eigenvalue weighted by atomic mass is 79.9. The maximum absolute atomic E-state index is 12.2. The minimum absolute atomic E-state index is 0.0407. The van der Waals surface area contributed by atoms with Crippen molar-refractivity contribution in [3.8, 4) is 0 Å². The zero-order chi connectivity index (χ0) is 14.9. The predicted octanol–water partition coefficient (Wildman–Crippen LogP) is 1.21. The van der Waals surface area contributed by atoms with Crippen molar-refractivity contribution in [2.45, 2.75) is 4.90 Å². The summed E-state index contributed by atoms with van der Waals surface area (Å²) in [7, 11) is -3.31. The summed E-state index contributed by atoms with van der Waals surface area (Å²) in [6, 6.07) is 4.91. The lowest BCUT2D eigenvalue weighted by Crippen LogP contribution is -2.19. The minimum atomic E-state index is -3.31. The highest BCUT2D eigenvalue weighted by Crippen LogP contribution is 2.17. The number of alkyl halides is 1. The van der Waals surface area contributed by atoms with Crippen LogP contribution < -0.4 is 10.6 Å². The smallest absolute Gasteiger partial charge is 0.307 e. The van der Waals surface area contributed by atoms with Crippen LogP contribution >= 0.6 is 15.9 Å². The number of rotatable bonds is 4. The van der Waals surface area contributed by atoms with E-state index < -0.39 is 21.7 Å². The van der Waals surface area contributed by atoms with Crippen LogP contribution in [0.4, 0.5) is 4.79 Å². The molecule has 105 valence electrons. The van der Waals surface area contributed by atoms with E-state index in [4.69, 9.17) is 0 Å². The van der Waals surface area contributed by atoms with Crippen LogP contribution in [0, 0.1) is 0 Å². The van der Waals surface area contributed by atoms with E-state index in [0.29, 0.717) is 11.0 Å². The predicted molar refractivity (Wildman–Crippen MR) is 75.4 cm³/mol. The van der Waals surface area contributed by atoms with E-state index in [1.54, 1.807) is 0 Å². The standard InChI is InChI=1S/C12H10BrN2O4S/c1-20(18,19)8-4-2-7(3-5-8)11(16)10-9(6-13)14-12(17)15-10/h2-5H,6H2,1H3,(H,14,17). The van der Waals surface area contributed by atoms with Crippen molar-refractivity contribution in [2.75, 3.05) is 11.6 Å². The van der Waals surface area contributed by atoms with Gasteiger partial charge in [0.2, 0.25) is 5.78 Å². The van der Waals surface area contributed by atoms with Gasteiger partial charge < -0.3 is 5.32 Å². The second kappa shape index (κ2) is 5.37. The minimum Gasteiger partial charge on any atom is -0.307 e. The summed E-state index contributed by atoms with van der Waals surface area (Å²) in [5.41, 5.74) is 0.706. The Hall–Kier alpha value is -1.67. The van der Waals surface area contributed by atoms with Gasteiger partial charge in [0.05, 0.1) is 10.6 Å². The summed E-state index contributed by atoms with van der Waals surface area (Å²) in [5.74, 6) is -0.433. The molecule has 0 saturated carbocycles. The van der Waals surface area contributed by atoms with E-state index in [9.17, 15) is 18.0 Å². The summed E-state index contributed by atoms with van der Waals surface area (Å²) < 4.78 is 22.7. The number of nitrogens with one attached hydrogen (secondary N) is 1. The number of allylic oxidation sites excluding steroid dienone is 2. The molecule has 0 aromatic heterocycles. The lowest BCUT2D eigenvalue weighted by atomic mass is 10.1. The summed E-state index contributed by atoms with van der Waals surface area (Å²) in [6.07, 6.45) is 1.09. The molecule has 0 saturated heterocycles. The average Bonchev–Trinajstić information content (AvgIpc) is 2.78. The number of benzene rings is 1. The first-order valence-corrected chi connectivity index (χ1v) is 8.51. The molecule has 0 fully saturated rings. The fourth-order valence-electron chi connectivity index (χ4n) is 1.66. The van der Waals surface area contributed by atoms with Gasteiger partial charge in [-0.3, -0.25) is 4.79 Å². The third-order valence-corrected chi connectivity index (χ3v) is 4.34. The first-order valence-electron chi connectivity index (χ1n) is 5.49. The molecular weight excluding hydrogens is 348 g/mol. The number of nitrogens with zero attached hydrogens (tertiary/aromatic N) is 1. The van der Waals surface area contributed by atoms with Gasteiger partial charge in [0.1, 0.15) is 5.70 Å². The maximum Gasteiger partial charge on any atom is 0.345 e. The molecule has 1 radical (unpaired) electrons. The number of hydrogen-bond acceptors (Lipinski definition) is 4. The van der Waals surface area contributed by atoms with Crippen LogP contribution in [-0.4, -0.2) is 31.8 Å². The molecule has 0 unspecified atom stereocenters. The first kappa shape index (κ1) is 14.7. The Morgan fingerprint density at radius 2 is 1.90 bits per heavy atom. The number of ketones is 1. The van der Waals surface area contributed by atoms with Gasteiger partial charge in [0.25, 0.3) is 0 Å². The third kappa shape index (κ3) is 2.91. The van der Waals surface area contributed by atoms with E-state index in [-0.39, 0.29) is 16.2 Å². The van der Waals surface area contributed by atoms with Crippen LogP contribution in [0.15, 0.2) is 40.6 Å². The largest absolute Gasteiger partial charge is 0.345 e. The van der Waals surface area contributed by atoms with Crippen LogP contribution in [0.5, 0.6) is 0 Å². The number of Topliss-reactive ketones (excluding diaryl/α,β-unsaturated/α-hetero) is 1. The lowest BCUT2D eigenvalue weighted by molar-refractivity contribution is 0.102. The maximum atomic E-state index is 12.2. The first-order chi connectivity index (χ1) is 9.32. The Balaban J connectivity index is 2.33. The third-order valence-electron chi connectivity index (χ3n) is 2.65. The summed E-state index contributed by atoms with van der Waals surface area (Å²) in [5, 5.41) is 6.37. The summed E-state index contributed by atoms with van der Waals surface area (Å²) >= 11 is 3.16. The van der Waals surface area contributed by atoms with Gasteiger partial charge in [-0.15, -0.1) is 0 Å². The van der Waals surface area contributed by atoms with E-state index in [1.165, 1.54) is 24.3 Å². The number of hydrogen-bond donors (Lipinski definition) is 1. The van der Waals surface area contributed by atoms with Crippen molar-refractivity contribution < 1.29 is 18.0 Å². The molecule has 1 N–H and O–H groups in total. The fourth-order valence-corrected chi connectivity index (χ4v) is 2.70. The van der Waals surface area contributed by atoms with Gasteiger partial charge in [0, 0.05) is 17.1 Å². The number of carbonyl (C=O) groups is 2. The Morgan fingerprint density at radius 3 is 2.40 bits per heavy atom. The molecule has 1 aliphatic rings. The van der Waals surface area contributed by atoms with Crippen molar-refractivity contribution in [3.05, 3.63) is 41.2 Å².